The normalized spacial score (nSPS) is 12.3. The Morgan fingerprint density at radius 2 is 1.90 bits per heavy atom. The lowest BCUT2D eigenvalue weighted by atomic mass is 10.2. The molecule has 1 atom stereocenters. The maximum Gasteiger partial charge on any atom is 0.322 e. The summed E-state index contributed by atoms with van der Waals surface area (Å²) in [6.07, 6.45) is 0. The quantitative estimate of drug-likeness (QED) is 0.635. The van der Waals surface area contributed by atoms with Gasteiger partial charge in [0.25, 0.3) is 0 Å². The number of ether oxygens (including phenoxy) is 1. The van der Waals surface area contributed by atoms with Gasteiger partial charge in [-0.2, -0.15) is 5.26 Å². The topological polar surface area (TPSA) is 110 Å². The molecule has 3 rings (SSSR count). The van der Waals surface area contributed by atoms with Crippen LogP contribution in [0.3, 0.4) is 0 Å². The van der Waals surface area contributed by atoms with Crippen LogP contribution in [0.15, 0.2) is 53.4 Å². The van der Waals surface area contributed by atoms with Crippen LogP contribution in [-0.2, 0) is 16.6 Å². The largest absolute Gasteiger partial charge is 0.424 e. The average Bonchev–Trinajstić information content (AvgIpc) is 3.12. The number of nitriles is 1. The van der Waals surface area contributed by atoms with E-state index in [1.807, 2.05) is 13.0 Å². The van der Waals surface area contributed by atoms with Gasteiger partial charge < -0.3 is 4.74 Å². The Morgan fingerprint density at radius 3 is 2.55 bits per heavy atom. The molecule has 29 heavy (non-hydrogen) atoms. The molecule has 0 saturated carbocycles. The fraction of sp³-hybridized carbons (Fsp3) is 0.211. The molecule has 1 N–H and O–H groups in total. The Bertz CT molecular complexity index is 1150. The summed E-state index contributed by atoms with van der Waals surface area (Å²) in [6, 6.07) is 12.6. The Balaban J connectivity index is 1.86. The Labute approximate surface area is 167 Å². The highest BCUT2D eigenvalue weighted by molar-refractivity contribution is 7.89. The molecule has 0 saturated heterocycles. The molecule has 2 aromatic carbocycles. The molecule has 8 nitrogen and oxygen atoms in total. The SMILES string of the molecule is CCn1c(Oc2ccc(F)cc2)nnc1[C@@H](C)NS(=O)(=O)c1ccccc1C#N. The first-order valence-corrected chi connectivity index (χ1v) is 10.2. The predicted octanol–water partition coefficient (Wildman–Crippen LogP) is 3.14. The smallest absolute Gasteiger partial charge is 0.322 e. The molecule has 10 heteroatoms. The maximum absolute atomic E-state index is 13.1. The Kier molecular flexibility index (Phi) is 5.91. The zero-order chi connectivity index (χ0) is 21.0. The zero-order valence-corrected chi connectivity index (χ0v) is 16.5. The van der Waals surface area contributed by atoms with Crippen molar-refractivity contribution in [2.24, 2.45) is 0 Å². The first-order chi connectivity index (χ1) is 13.9. The van der Waals surface area contributed by atoms with Crippen LogP contribution in [0.5, 0.6) is 11.8 Å². The molecule has 3 aromatic rings. The van der Waals surface area contributed by atoms with Gasteiger partial charge in [-0.25, -0.2) is 17.5 Å². The summed E-state index contributed by atoms with van der Waals surface area (Å²) in [6.45, 7) is 3.86. The summed E-state index contributed by atoms with van der Waals surface area (Å²) in [5.74, 6) is 0.314. The third-order valence-electron chi connectivity index (χ3n) is 4.10. The van der Waals surface area contributed by atoms with Crippen LogP contribution in [-0.4, -0.2) is 23.2 Å². The van der Waals surface area contributed by atoms with Gasteiger partial charge in [0, 0.05) is 6.54 Å². The number of aromatic nitrogens is 3. The van der Waals surface area contributed by atoms with E-state index in [1.54, 1.807) is 23.6 Å². The van der Waals surface area contributed by atoms with E-state index in [0.717, 1.165) is 0 Å². The van der Waals surface area contributed by atoms with Gasteiger partial charge in [0.2, 0.25) is 10.0 Å². The molecule has 0 bridgehead atoms. The van der Waals surface area contributed by atoms with Crippen LogP contribution in [0.25, 0.3) is 0 Å². The van der Waals surface area contributed by atoms with Crippen LogP contribution in [0.1, 0.15) is 31.3 Å². The Morgan fingerprint density at radius 1 is 1.21 bits per heavy atom. The van der Waals surface area contributed by atoms with E-state index in [9.17, 15) is 12.8 Å². The molecule has 0 radical (unpaired) electrons. The summed E-state index contributed by atoms with van der Waals surface area (Å²) >= 11 is 0. The number of rotatable bonds is 7. The fourth-order valence-electron chi connectivity index (χ4n) is 2.74. The summed E-state index contributed by atoms with van der Waals surface area (Å²) in [5, 5.41) is 17.2. The van der Waals surface area contributed by atoms with Gasteiger partial charge in [0.15, 0.2) is 5.82 Å². The lowest BCUT2D eigenvalue weighted by Gasteiger charge is -2.16. The minimum atomic E-state index is -3.97. The molecule has 0 unspecified atom stereocenters. The Hall–Kier alpha value is -3.29. The third-order valence-corrected chi connectivity index (χ3v) is 5.70. The molecule has 0 aliphatic heterocycles. The number of hydrogen-bond donors (Lipinski definition) is 1. The average molecular weight is 415 g/mol. The molecule has 0 fully saturated rings. The van der Waals surface area contributed by atoms with E-state index in [-0.39, 0.29) is 16.5 Å². The second-order valence-corrected chi connectivity index (χ2v) is 7.77. The summed E-state index contributed by atoms with van der Waals surface area (Å²) in [7, 11) is -3.97. The van der Waals surface area contributed by atoms with Crippen molar-refractivity contribution in [3.05, 3.63) is 65.7 Å². The van der Waals surface area contributed by atoms with Crippen molar-refractivity contribution >= 4 is 10.0 Å². The standard InChI is InChI=1S/C19H18FN5O3S/c1-3-25-18(22-23-19(25)28-16-10-8-15(20)9-11-16)13(2)24-29(26,27)17-7-5-4-6-14(17)12-21/h4-11,13,24H,3H2,1-2H3/t13-/m1/s1. The number of nitrogens with zero attached hydrogens (tertiary/aromatic N) is 4. The maximum atomic E-state index is 13.1. The van der Waals surface area contributed by atoms with Gasteiger partial charge in [-0.15, -0.1) is 5.10 Å². The second-order valence-electron chi connectivity index (χ2n) is 6.09. The van der Waals surface area contributed by atoms with E-state index in [1.165, 1.54) is 36.4 Å². The third kappa shape index (κ3) is 4.42. The van der Waals surface area contributed by atoms with Crippen molar-refractivity contribution in [2.45, 2.75) is 31.3 Å². The predicted molar refractivity (Wildman–Crippen MR) is 102 cm³/mol. The number of benzene rings is 2. The van der Waals surface area contributed by atoms with Gasteiger partial charge in [0.05, 0.1) is 16.5 Å². The summed E-state index contributed by atoms with van der Waals surface area (Å²) < 4.78 is 48.3. The van der Waals surface area contributed by atoms with Crippen molar-refractivity contribution in [3.63, 3.8) is 0 Å². The highest BCUT2D eigenvalue weighted by Crippen LogP contribution is 2.24. The lowest BCUT2D eigenvalue weighted by molar-refractivity contribution is 0.407. The highest BCUT2D eigenvalue weighted by atomic mass is 32.2. The van der Waals surface area contributed by atoms with Crippen molar-refractivity contribution in [3.8, 4) is 17.8 Å². The van der Waals surface area contributed by atoms with Crippen LogP contribution in [0.4, 0.5) is 4.39 Å². The van der Waals surface area contributed by atoms with Gasteiger partial charge in [0.1, 0.15) is 17.6 Å². The molecule has 0 aliphatic carbocycles. The number of hydrogen-bond acceptors (Lipinski definition) is 6. The minimum absolute atomic E-state index is 0.0458. The van der Waals surface area contributed by atoms with Gasteiger partial charge in [-0.05, 0) is 50.2 Å². The first kappa shape index (κ1) is 20.4. The number of nitrogens with one attached hydrogen (secondary N) is 1. The highest BCUT2D eigenvalue weighted by Gasteiger charge is 2.25. The number of halogens is 1. The zero-order valence-electron chi connectivity index (χ0n) is 15.7. The molecule has 0 aliphatic rings. The summed E-state index contributed by atoms with van der Waals surface area (Å²) in [4.78, 5) is -0.111. The number of sulfonamides is 1. The molecule has 0 amide bonds. The van der Waals surface area contributed by atoms with Gasteiger partial charge >= 0.3 is 6.01 Å². The molecule has 150 valence electrons. The van der Waals surface area contributed by atoms with Crippen LogP contribution in [0, 0.1) is 17.1 Å². The van der Waals surface area contributed by atoms with Crippen molar-refractivity contribution in [2.75, 3.05) is 0 Å². The first-order valence-electron chi connectivity index (χ1n) is 8.73. The van der Waals surface area contributed by atoms with E-state index >= 15 is 0 Å². The lowest BCUT2D eigenvalue weighted by Crippen LogP contribution is -2.29. The van der Waals surface area contributed by atoms with Gasteiger partial charge in [-0.1, -0.05) is 17.2 Å². The van der Waals surface area contributed by atoms with E-state index in [2.05, 4.69) is 14.9 Å². The van der Waals surface area contributed by atoms with Gasteiger partial charge in [-0.3, -0.25) is 4.57 Å². The van der Waals surface area contributed by atoms with Crippen LogP contribution in [0.2, 0.25) is 0 Å². The molecular weight excluding hydrogens is 397 g/mol. The van der Waals surface area contributed by atoms with Crippen molar-refractivity contribution in [1.82, 2.24) is 19.5 Å². The second kappa shape index (κ2) is 8.38. The molecule has 1 heterocycles. The van der Waals surface area contributed by atoms with Crippen molar-refractivity contribution < 1.29 is 17.5 Å². The fourth-order valence-corrected chi connectivity index (χ4v) is 4.10. The monoisotopic (exact) mass is 415 g/mol. The summed E-state index contributed by atoms with van der Waals surface area (Å²) in [5.41, 5.74) is 0.0458. The molecular formula is C19H18FN5O3S. The minimum Gasteiger partial charge on any atom is -0.424 e. The van der Waals surface area contributed by atoms with Crippen LogP contribution >= 0.6 is 0 Å². The van der Waals surface area contributed by atoms with Crippen LogP contribution < -0.4 is 9.46 Å². The van der Waals surface area contributed by atoms with E-state index in [0.29, 0.717) is 18.1 Å². The van der Waals surface area contributed by atoms with E-state index in [4.69, 9.17) is 10.00 Å². The van der Waals surface area contributed by atoms with Crippen molar-refractivity contribution in [1.29, 1.82) is 5.26 Å². The molecule has 1 aromatic heterocycles. The molecule has 0 spiro atoms. The van der Waals surface area contributed by atoms with E-state index < -0.39 is 21.9 Å².